The average Bonchev–Trinajstić information content (AvgIpc) is 2.70. The topological polar surface area (TPSA) is 51.2 Å². The summed E-state index contributed by atoms with van der Waals surface area (Å²) >= 11 is 1.30. The number of carbonyl (C=O) groups excluding carboxylic acids is 1. The number of ketones is 1. The van der Waals surface area contributed by atoms with Crippen molar-refractivity contribution in [2.24, 2.45) is 0 Å². The number of carbonyl (C=O) groups is 1. The van der Waals surface area contributed by atoms with Crippen molar-refractivity contribution in [3.8, 4) is 5.75 Å². The number of ether oxygens (including phenoxy) is 1. The lowest BCUT2D eigenvalue weighted by Gasteiger charge is -2.09. The zero-order valence-electron chi connectivity index (χ0n) is 11.4. The predicted octanol–water partition coefficient (Wildman–Crippen LogP) is 3.71. The average molecular weight is 276 g/mol. The summed E-state index contributed by atoms with van der Waals surface area (Å²) in [6.45, 7) is 5.38. The number of aryl methyl sites for hydroxylation is 2. The molecule has 0 radical (unpaired) electrons. The van der Waals surface area contributed by atoms with Gasteiger partial charge in [0.15, 0.2) is 5.78 Å². The van der Waals surface area contributed by atoms with Gasteiger partial charge in [0, 0.05) is 5.69 Å². The number of benzene rings is 1. The highest BCUT2D eigenvalue weighted by Crippen LogP contribution is 2.30. The highest BCUT2D eigenvalue weighted by atomic mass is 32.1. The molecule has 0 unspecified atom stereocenters. The second-order valence-electron chi connectivity index (χ2n) is 4.34. The van der Waals surface area contributed by atoms with Gasteiger partial charge in [-0.2, -0.15) is 4.37 Å². The Labute approximate surface area is 116 Å². The minimum Gasteiger partial charge on any atom is -0.496 e. The fraction of sp³-hybridized carbons (Fsp3) is 0.286. The number of nitrogens with one attached hydrogen (secondary N) is 1. The Morgan fingerprint density at radius 3 is 2.68 bits per heavy atom. The Kier molecular flexibility index (Phi) is 3.85. The quantitative estimate of drug-likeness (QED) is 0.865. The molecule has 0 saturated carbocycles. The molecule has 100 valence electrons. The van der Waals surface area contributed by atoms with Gasteiger partial charge in [-0.15, -0.1) is 0 Å². The molecule has 0 atom stereocenters. The van der Waals surface area contributed by atoms with E-state index in [0.29, 0.717) is 5.56 Å². The van der Waals surface area contributed by atoms with Crippen LogP contribution in [0.2, 0.25) is 0 Å². The molecule has 19 heavy (non-hydrogen) atoms. The molecule has 0 aliphatic rings. The van der Waals surface area contributed by atoms with E-state index in [1.54, 1.807) is 14.0 Å². The number of hydrogen-bond donors (Lipinski definition) is 1. The molecule has 0 bridgehead atoms. The number of anilines is 2. The van der Waals surface area contributed by atoms with Crippen LogP contribution >= 0.6 is 11.5 Å². The van der Waals surface area contributed by atoms with E-state index in [4.69, 9.17) is 4.74 Å². The lowest BCUT2D eigenvalue weighted by molar-refractivity contribution is 0.101. The highest BCUT2D eigenvalue weighted by Gasteiger charge is 2.15. The molecule has 0 fully saturated rings. The van der Waals surface area contributed by atoms with Crippen molar-refractivity contribution in [1.82, 2.24) is 4.37 Å². The minimum absolute atomic E-state index is 0.0268. The number of aromatic nitrogens is 1. The van der Waals surface area contributed by atoms with Crippen LogP contribution in [0.4, 0.5) is 10.7 Å². The molecule has 1 heterocycles. The molecule has 0 aliphatic heterocycles. The molecule has 5 heteroatoms. The largest absolute Gasteiger partial charge is 0.496 e. The summed E-state index contributed by atoms with van der Waals surface area (Å²) < 4.78 is 9.45. The normalized spacial score (nSPS) is 10.3. The third-order valence-electron chi connectivity index (χ3n) is 2.87. The number of nitrogens with zero attached hydrogens (tertiary/aromatic N) is 1. The van der Waals surface area contributed by atoms with Crippen LogP contribution in [0.1, 0.15) is 28.5 Å². The van der Waals surface area contributed by atoms with Crippen LogP contribution in [0.15, 0.2) is 18.2 Å². The van der Waals surface area contributed by atoms with Crippen LogP contribution in [0, 0.1) is 13.8 Å². The van der Waals surface area contributed by atoms with Crippen molar-refractivity contribution >= 4 is 28.0 Å². The first kappa shape index (κ1) is 13.5. The van der Waals surface area contributed by atoms with Gasteiger partial charge in [0.2, 0.25) is 0 Å². The first-order valence-electron chi connectivity index (χ1n) is 5.91. The van der Waals surface area contributed by atoms with E-state index in [-0.39, 0.29) is 5.78 Å². The number of rotatable bonds is 4. The predicted molar refractivity (Wildman–Crippen MR) is 77.9 cm³/mol. The molecule has 4 nitrogen and oxygen atoms in total. The van der Waals surface area contributed by atoms with Crippen molar-refractivity contribution < 1.29 is 9.53 Å². The Morgan fingerprint density at radius 1 is 1.37 bits per heavy atom. The van der Waals surface area contributed by atoms with E-state index >= 15 is 0 Å². The van der Waals surface area contributed by atoms with Gasteiger partial charge >= 0.3 is 0 Å². The number of Topliss-reactive ketones (excluding diaryl/α,β-unsaturated/α-hetero) is 1. The van der Waals surface area contributed by atoms with Crippen LogP contribution in [0.5, 0.6) is 5.75 Å². The molecule has 2 rings (SSSR count). The summed E-state index contributed by atoms with van der Waals surface area (Å²) in [4.78, 5) is 11.6. The maximum absolute atomic E-state index is 11.6. The standard InChI is InChI=1S/C14H16N2O2S/c1-8-7-11(5-6-12(8)18-4)15-14-13(10(3)17)9(2)16-19-14/h5-7,15H,1-4H3. The van der Waals surface area contributed by atoms with E-state index in [1.807, 2.05) is 32.0 Å². The van der Waals surface area contributed by atoms with Crippen molar-refractivity contribution in [3.05, 3.63) is 35.0 Å². The second kappa shape index (κ2) is 5.40. The molecule has 0 amide bonds. The highest BCUT2D eigenvalue weighted by molar-refractivity contribution is 7.10. The van der Waals surface area contributed by atoms with Gasteiger partial charge in [0.05, 0.1) is 18.4 Å². The molecular formula is C14H16N2O2S. The summed E-state index contributed by atoms with van der Waals surface area (Å²) in [7, 11) is 1.65. The maximum atomic E-state index is 11.6. The molecule has 1 N–H and O–H groups in total. The fourth-order valence-electron chi connectivity index (χ4n) is 1.96. The van der Waals surface area contributed by atoms with Gasteiger partial charge in [-0.3, -0.25) is 4.79 Å². The van der Waals surface area contributed by atoms with Gasteiger partial charge < -0.3 is 10.1 Å². The van der Waals surface area contributed by atoms with E-state index in [1.165, 1.54) is 11.5 Å². The van der Waals surface area contributed by atoms with Crippen LogP contribution in [0.3, 0.4) is 0 Å². The molecular weight excluding hydrogens is 260 g/mol. The fourth-order valence-corrected chi connectivity index (χ4v) is 2.82. The molecule has 2 aromatic rings. The van der Waals surface area contributed by atoms with E-state index in [2.05, 4.69) is 9.69 Å². The van der Waals surface area contributed by atoms with Crippen molar-refractivity contribution in [1.29, 1.82) is 0 Å². The lowest BCUT2D eigenvalue weighted by Crippen LogP contribution is -1.99. The van der Waals surface area contributed by atoms with E-state index < -0.39 is 0 Å². The summed E-state index contributed by atoms with van der Waals surface area (Å²) in [6.07, 6.45) is 0. The van der Waals surface area contributed by atoms with E-state index in [9.17, 15) is 4.79 Å². The van der Waals surface area contributed by atoms with Crippen LogP contribution in [0.25, 0.3) is 0 Å². The summed E-state index contributed by atoms with van der Waals surface area (Å²) in [6, 6.07) is 5.81. The minimum atomic E-state index is 0.0268. The molecule has 0 spiro atoms. The lowest BCUT2D eigenvalue weighted by atomic mass is 10.1. The van der Waals surface area contributed by atoms with Gasteiger partial charge in [0.25, 0.3) is 0 Å². The second-order valence-corrected chi connectivity index (χ2v) is 5.11. The van der Waals surface area contributed by atoms with Crippen molar-refractivity contribution in [2.45, 2.75) is 20.8 Å². The maximum Gasteiger partial charge on any atom is 0.164 e. The third kappa shape index (κ3) is 2.76. The Morgan fingerprint density at radius 2 is 2.11 bits per heavy atom. The molecule has 0 aliphatic carbocycles. The Bertz CT molecular complexity index is 620. The number of methoxy groups -OCH3 is 1. The van der Waals surface area contributed by atoms with E-state index in [0.717, 1.165) is 27.7 Å². The van der Waals surface area contributed by atoms with Crippen molar-refractivity contribution in [3.63, 3.8) is 0 Å². The zero-order valence-corrected chi connectivity index (χ0v) is 12.2. The number of hydrogen-bond acceptors (Lipinski definition) is 5. The summed E-state index contributed by atoms with van der Waals surface area (Å²) in [5, 5.41) is 4.03. The first-order chi connectivity index (χ1) is 9.02. The third-order valence-corrected chi connectivity index (χ3v) is 3.72. The van der Waals surface area contributed by atoms with Crippen LogP contribution < -0.4 is 10.1 Å². The Hall–Kier alpha value is -1.88. The molecule has 0 saturated heterocycles. The van der Waals surface area contributed by atoms with Gasteiger partial charge in [0.1, 0.15) is 10.8 Å². The van der Waals surface area contributed by atoms with Gasteiger partial charge in [-0.25, -0.2) is 0 Å². The van der Waals surface area contributed by atoms with Gasteiger partial charge in [-0.05, 0) is 56.1 Å². The Balaban J connectivity index is 2.31. The molecule has 1 aromatic heterocycles. The van der Waals surface area contributed by atoms with Crippen LogP contribution in [-0.2, 0) is 0 Å². The summed E-state index contributed by atoms with van der Waals surface area (Å²) in [5.41, 5.74) is 3.39. The SMILES string of the molecule is COc1ccc(Nc2snc(C)c2C(C)=O)cc1C. The van der Waals surface area contributed by atoms with Gasteiger partial charge in [-0.1, -0.05) is 0 Å². The van der Waals surface area contributed by atoms with Crippen LogP contribution in [-0.4, -0.2) is 17.3 Å². The monoisotopic (exact) mass is 276 g/mol. The zero-order chi connectivity index (χ0) is 14.0. The smallest absolute Gasteiger partial charge is 0.164 e. The molecule has 1 aromatic carbocycles. The summed E-state index contributed by atoms with van der Waals surface area (Å²) in [5.74, 6) is 0.872. The first-order valence-corrected chi connectivity index (χ1v) is 6.69. The van der Waals surface area contributed by atoms with Crippen molar-refractivity contribution in [2.75, 3.05) is 12.4 Å².